The molecule has 0 amide bonds. The molecule has 23 heavy (non-hydrogen) atoms. The Hall–Kier alpha value is -2.54. The number of aromatic nitrogens is 6. The third-order valence-corrected chi connectivity index (χ3v) is 4.41. The number of aromatic amines is 2. The predicted molar refractivity (Wildman–Crippen MR) is 91.1 cm³/mol. The highest BCUT2D eigenvalue weighted by Crippen LogP contribution is 2.18. The highest BCUT2D eigenvalue weighted by atomic mass is 32.1. The monoisotopic (exact) mass is 324 g/mol. The van der Waals surface area contributed by atoms with Crippen molar-refractivity contribution < 1.29 is 0 Å². The summed E-state index contributed by atoms with van der Waals surface area (Å²) < 4.78 is 2.27. The predicted octanol–water partition coefficient (Wildman–Crippen LogP) is 3.07. The Bertz CT molecular complexity index is 1050. The molecule has 4 aromatic rings. The number of aryl methyl sites for hydroxylation is 3. The lowest BCUT2D eigenvalue weighted by Crippen LogP contribution is -1.97. The lowest BCUT2D eigenvalue weighted by molar-refractivity contribution is 0.818. The van der Waals surface area contributed by atoms with Crippen LogP contribution < -0.4 is 0 Å². The molecule has 1 aromatic carbocycles. The van der Waals surface area contributed by atoms with E-state index in [9.17, 15) is 0 Å². The fourth-order valence-corrected chi connectivity index (χ4v) is 3.15. The van der Waals surface area contributed by atoms with Crippen molar-refractivity contribution in [2.24, 2.45) is 0 Å². The Morgan fingerprint density at radius 3 is 2.78 bits per heavy atom. The number of H-pyrrole nitrogens is 2. The van der Waals surface area contributed by atoms with E-state index in [1.54, 1.807) is 4.52 Å². The topological polar surface area (TPSA) is 74.7 Å². The molecule has 0 fully saturated rings. The molecule has 0 aliphatic rings. The van der Waals surface area contributed by atoms with E-state index in [4.69, 9.17) is 17.2 Å². The Morgan fingerprint density at radius 2 is 2.00 bits per heavy atom. The summed E-state index contributed by atoms with van der Waals surface area (Å²) in [5, 5.41) is 12.8. The lowest BCUT2D eigenvalue weighted by atomic mass is 10.1. The van der Waals surface area contributed by atoms with Crippen molar-refractivity contribution in [2.45, 2.75) is 26.7 Å². The second-order valence-electron chi connectivity index (χ2n) is 5.65. The van der Waals surface area contributed by atoms with Gasteiger partial charge in [0.05, 0.1) is 11.2 Å². The zero-order chi connectivity index (χ0) is 16.0. The van der Waals surface area contributed by atoms with Crippen LogP contribution in [0, 0.1) is 18.6 Å². The van der Waals surface area contributed by atoms with Crippen LogP contribution >= 0.6 is 12.2 Å². The van der Waals surface area contributed by atoms with E-state index < -0.39 is 0 Å². The van der Waals surface area contributed by atoms with Crippen molar-refractivity contribution in [2.75, 3.05) is 0 Å². The van der Waals surface area contributed by atoms with Crippen LogP contribution in [0.3, 0.4) is 0 Å². The summed E-state index contributed by atoms with van der Waals surface area (Å²) in [4.78, 5) is 7.89. The molecule has 0 atom stereocenters. The summed E-state index contributed by atoms with van der Waals surface area (Å²) >= 11 is 5.39. The van der Waals surface area contributed by atoms with E-state index in [-0.39, 0.29) is 0 Å². The maximum absolute atomic E-state index is 5.39. The molecule has 4 rings (SSSR count). The van der Waals surface area contributed by atoms with E-state index in [1.807, 2.05) is 38.1 Å². The first-order valence-electron chi connectivity index (χ1n) is 7.50. The van der Waals surface area contributed by atoms with Crippen LogP contribution in [0.2, 0.25) is 0 Å². The first-order chi connectivity index (χ1) is 11.1. The van der Waals surface area contributed by atoms with Crippen molar-refractivity contribution in [1.82, 2.24) is 29.8 Å². The molecular weight excluding hydrogens is 308 g/mol. The normalized spacial score (nSPS) is 11.6. The Labute approximate surface area is 137 Å². The minimum Gasteiger partial charge on any atom is -0.330 e. The van der Waals surface area contributed by atoms with E-state index in [0.29, 0.717) is 4.77 Å². The fraction of sp³-hybridized carbons (Fsp3) is 0.250. The van der Waals surface area contributed by atoms with Gasteiger partial charge in [-0.3, -0.25) is 5.10 Å². The van der Waals surface area contributed by atoms with Gasteiger partial charge in [-0.2, -0.15) is 9.61 Å². The second-order valence-corrected chi connectivity index (χ2v) is 6.04. The first kappa shape index (κ1) is 14.1. The average molecular weight is 324 g/mol. The number of nitrogens with one attached hydrogen (secondary N) is 2. The molecule has 3 aromatic heterocycles. The van der Waals surface area contributed by atoms with Gasteiger partial charge in [-0.25, -0.2) is 4.98 Å². The van der Waals surface area contributed by atoms with Crippen LogP contribution in [-0.2, 0) is 12.8 Å². The molecule has 3 heterocycles. The van der Waals surface area contributed by atoms with Gasteiger partial charge in [-0.15, -0.1) is 5.10 Å². The molecule has 7 heteroatoms. The van der Waals surface area contributed by atoms with Gasteiger partial charge in [0.2, 0.25) is 4.77 Å². The molecule has 0 saturated heterocycles. The Balaban J connectivity index is 1.76. The second kappa shape index (κ2) is 5.27. The summed E-state index contributed by atoms with van der Waals surface area (Å²) in [6.07, 6.45) is 1.62. The molecule has 2 N–H and O–H groups in total. The zero-order valence-corrected chi connectivity index (χ0v) is 13.7. The number of fused-ring (bicyclic) bond motifs is 3. The van der Waals surface area contributed by atoms with Crippen molar-refractivity contribution in [3.8, 4) is 0 Å². The molecule has 0 saturated carbocycles. The van der Waals surface area contributed by atoms with E-state index in [1.165, 1.54) is 5.56 Å². The van der Waals surface area contributed by atoms with Crippen LogP contribution in [0.25, 0.3) is 16.6 Å². The quantitative estimate of drug-likeness (QED) is 0.568. The van der Waals surface area contributed by atoms with Gasteiger partial charge in [0.1, 0.15) is 0 Å². The third-order valence-electron chi connectivity index (χ3n) is 4.13. The largest absolute Gasteiger partial charge is 0.330 e. The standard InChI is InChI=1S/C16H16N6S/c1-9-11(10(2)20-19-9)7-8-14-18-15-12-5-3-4-6-13(12)17-16(23)22(15)21-14/h3-6H,7-8H2,1-2H3,(H,17,23)(H,19,20). The molecule has 0 aliphatic heterocycles. The first-order valence-corrected chi connectivity index (χ1v) is 7.91. The molecule has 0 radical (unpaired) electrons. The van der Waals surface area contributed by atoms with Gasteiger partial charge < -0.3 is 4.98 Å². The number of benzene rings is 1. The number of rotatable bonds is 3. The minimum absolute atomic E-state index is 0.563. The minimum atomic E-state index is 0.563. The van der Waals surface area contributed by atoms with Crippen LogP contribution in [0.15, 0.2) is 24.3 Å². The number of hydrogen-bond acceptors (Lipinski definition) is 4. The lowest BCUT2D eigenvalue weighted by Gasteiger charge is -1.98. The van der Waals surface area contributed by atoms with Crippen LogP contribution in [0.5, 0.6) is 0 Å². The third kappa shape index (κ3) is 2.33. The van der Waals surface area contributed by atoms with Crippen molar-refractivity contribution in [1.29, 1.82) is 0 Å². The van der Waals surface area contributed by atoms with Crippen LogP contribution in [-0.4, -0.2) is 29.8 Å². The van der Waals surface area contributed by atoms with Crippen molar-refractivity contribution in [3.05, 3.63) is 51.8 Å². The summed E-state index contributed by atoms with van der Waals surface area (Å²) in [5.41, 5.74) is 5.16. The highest BCUT2D eigenvalue weighted by Gasteiger charge is 2.11. The van der Waals surface area contributed by atoms with E-state index in [0.717, 1.165) is 46.6 Å². The Kier molecular flexibility index (Phi) is 3.23. The number of hydrogen-bond donors (Lipinski definition) is 2. The summed E-state index contributed by atoms with van der Waals surface area (Å²) in [7, 11) is 0. The molecule has 0 aliphatic carbocycles. The molecule has 0 spiro atoms. The SMILES string of the molecule is Cc1n[nH]c(C)c1CCc1nc2c3ccccc3[nH]c(=S)n2n1. The smallest absolute Gasteiger partial charge is 0.200 e. The van der Waals surface area contributed by atoms with Gasteiger partial charge in [0, 0.05) is 17.5 Å². The summed E-state index contributed by atoms with van der Waals surface area (Å²) in [6.45, 7) is 4.05. The van der Waals surface area contributed by atoms with Gasteiger partial charge in [-0.05, 0) is 50.2 Å². The molecule has 0 bridgehead atoms. The average Bonchev–Trinajstić information content (AvgIpc) is 3.10. The van der Waals surface area contributed by atoms with E-state index >= 15 is 0 Å². The molecule has 6 nitrogen and oxygen atoms in total. The summed E-state index contributed by atoms with van der Waals surface area (Å²) in [6, 6.07) is 7.99. The van der Waals surface area contributed by atoms with Gasteiger partial charge in [0.15, 0.2) is 11.5 Å². The fourth-order valence-electron chi connectivity index (χ4n) is 2.91. The number of para-hydroxylation sites is 1. The van der Waals surface area contributed by atoms with Gasteiger partial charge >= 0.3 is 0 Å². The summed E-state index contributed by atoms with van der Waals surface area (Å²) in [5.74, 6) is 0.792. The van der Waals surface area contributed by atoms with Gasteiger partial charge in [0.25, 0.3) is 0 Å². The Morgan fingerprint density at radius 1 is 1.17 bits per heavy atom. The maximum atomic E-state index is 5.39. The van der Waals surface area contributed by atoms with E-state index in [2.05, 4.69) is 20.3 Å². The van der Waals surface area contributed by atoms with Crippen molar-refractivity contribution in [3.63, 3.8) is 0 Å². The van der Waals surface area contributed by atoms with Crippen LogP contribution in [0.1, 0.15) is 22.8 Å². The highest BCUT2D eigenvalue weighted by molar-refractivity contribution is 7.71. The van der Waals surface area contributed by atoms with Gasteiger partial charge in [-0.1, -0.05) is 12.1 Å². The maximum Gasteiger partial charge on any atom is 0.200 e. The zero-order valence-electron chi connectivity index (χ0n) is 12.9. The molecule has 0 unspecified atom stereocenters. The molecule has 116 valence electrons. The van der Waals surface area contributed by atoms with Crippen LogP contribution in [0.4, 0.5) is 0 Å². The number of nitrogens with zero attached hydrogens (tertiary/aromatic N) is 4. The van der Waals surface area contributed by atoms with Crippen molar-refractivity contribution >= 4 is 28.8 Å². The molecular formula is C16H16N6S.